The number of hydrogen-bond donors (Lipinski definition) is 0. The normalized spacial score (nSPS) is 13.2. The van der Waals surface area contributed by atoms with Crippen LogP contribution in [0.1, 0.15) is 22.3 Å². The number of ether oxygens (including phenoxy) is 2. The number of fused-ring (bicyclic) bond motifs is 12. The first-order chi connectivity index (χ1) is 28.8. The number of anilines is 3. The Morgan fingerprint density at radius 1 is 0.310 bits per heavy atom. The smallest absolute Gasteiger partial charge is 0.194 e. The van der Waals surface area contributed by atoms with E-state index in [1.54, 1.807) is 0 Å². The van der Waals surface area contributed by atoms with Crippen molar-refractivity contribution in [3.05, 3.63) is 235 Å². The van der Waals surface area contributed by atoms with E-state index in [2.05, 4.69) is 205 Å². The highest BCUT2D eigenvalue weighted by Crippen LogP contribution is 2.65. The minimum Gasteiger partial charge on any atom is -0.449 e. The second kappa shape index (κ2) is 12.7. The Kier molecular flexibility index (Phi) is 7.14. The molecule has 3 nitrogen and oxygen atoms in total. The molecule has 58 heavy (non-hydrogen) atoms. The highest BCUT2D eigenvalue weighted by molar-refractivity contribution is 5.96. The second-order valence-electron chi connectivity index (χ2n) is 15.2. The monoisotopic (exact) mass is 741 g/mol. The predicted octanol–water partition coefficient (Wildman–Crippen LogP) is 14.7. The molecule has 0 N–H and O–H groups in total. The quantitative estimate of drug-likeness (QED) is 0.175. The molecule has 0 unspecified atom stereocenters. The molecular weight excluding hydrogens is 707 g/mol. The van der Waals surface area contributed by atoms with Crippen molar-refractivity contribution in [1.29, 1.82) is 0 Å². The predicted molar refractivity (Wildman–Crippen MR) is 235 cm³/mol. The van der Waals surface area contributed by atoms with Crippen molar-refractivity contribution < 1.29 is 9.47 Å². The zero-order valence-electron chi connectivity index (χ0n) is 31.5. The molecule has 0 aromatic heterocycles. The minimum absolute atomic E-state index is 0.461. The van der Waals surface area contributed by atoms with E-state index in [9.17, 15) is 0 Å². The zero-order chi connectivity index (χ0) is 38.2. The van der Waals surface area contributed by atoms with Crippen molar-refractivity contribution in [2.24, 2.45) is 0 Å². The molecule has 0 amide bonds. The molecule has 9 aromatic carbocycles. The van der Waals surface area contributed by atoms with Gasteiger partial charge < -0.3 is 14.4 Å². The molecule has 272 valence electrons. The van der Waals surface area contributed by atoms with E-state index in [1.165, 1.54) is 55.6 Å². The fourth-order valence-corrected chi connectivity index (χ4v) is 9.75. The maximum Gasteiger partial charge on any atom is 0.194 e. The van der Waals surface area contributed by atoms with Crippen LogP contribution in [0, 0.1) is 0 Å². The van der Waals surface area contributed by atoms with Gasteiger partial charge in [-0.2, -0.15) is 0 Å². The molecule has 0 saturated heterocycles. The molecule has 3 aliphatic rings. The SMILES string of the molecule is c1ccc(-c2ccccc2-c2ccc(N(c3ccccc3)c3cccc4c3Oc3cc5c(cc3O4)C3(c4ccccc4-c4ccccc43)c3ccccc3-5)cc2)cc1. The standard InChI is InChI=1S/C55H35NO2/c1-3-16-36(17-4-1)40-20-7-8-21-41(40)37-30-32-39(33-31-37)56(38-18-5-2-6-19-38)50-28-15-29-51-54(50)58-52-34-45-44-24-11-14-27-48(44)55(49(45)35-53(52)57-51)46-25-12-9-22-42(46)43-23-10-13-26-47(43)55/h1-35H. The molecule has 0 fully saturated rings. The van der Waals surface area contributed by atoms with Crippen LogP contribution >= 0.6 is 0 Å². The lowest BCUT2D eigenvalue weighted by molar-refractivity contribution is 0.360. The van der Waals surface area contributed by atoms with Crippen LogP contribution in [-0.4, -0.2) is 0 Å². The summed E-state index contributed by atoms with van der Waals surface area (Å²) in [4.78, 5) is 2.25. The summed E-state index contributed by atoms with van der Waals surface area (Å²) in [5, 5.41) is 0. The Balaban J connectivity index is 0.979. The van der Waals surface area contributed by atoms with Gasteiger partial charge in [-0.05, 0) is 115 Å². The molecule has 12 rings (SSSR count). The molecule has 1 aliphatic heterocycles. The van der Waals surface area contributed by atoms with Gasteiger partial charge >= 0.3 is 0 Å². The molecule has 1 heterocycles. The lowest BCUT2D eigenvalue weighted by Crippen LogP contribution is -2.25. The van der Waals surface area contributed by atoms with Crippen LogP contribution in [0.4, 0.5) is 17.1 Å². The topological polar surface area (TPSA) is 21.7 Å². The fraction of sp³-hybridized carbons (Fsp3) is 0.0182. The number of para-hydroxylation sites is 2. The number of rotatable bonds is 5. The first-order valence-electron chi connectivity index (χ1n) is 19.8. The van der Waals surface area contributed by atoms with Gasteiger partial charge in [-0.3, -0.25) is 0 Å². The molecular formula is C55H35NO2. The molecule has 0 atom stereocenters. The summed E-state index contributed by atoms with van der Waals surface area (Å²) in [6, 6.07) is 75.7. The largest absolute Gasteiger partial charge is 0.449 e. The van der Waals surface area contributed by atoms with Gasteiger partial charge in [0.15, 0.2) is 23.0 Å². The van der Waals surface area contributed by atoms with Gasteiger partial charge in [0.05, 0.1) is 11.1 Å². The van der Waals surface area contributed by atoms with E-state index in [-0.39, 0.29) is 0 Å². The maximum atomic E-state index is 7.05. The van der Waals surface area contributed by atoms with Crippen molar-refractivity contribution in [2.45, 2.75) is 5.41 Å². The van der Waals surface area contributed by atoms with Gasteiger partial charge in [0.1, 0.15) is 0 Å². The highest BCUT2D eigenvalue weighted by Gasteiger charge is 2.52. The van der Waals surface area contributed by atoms with Gasteiger partial charge in [-0.25, -0.2) is 0 Å². The number of benzene rings is 9. The van der Waals surface area contributed by atoms with Crippen LogP contribution < -0.4 is 14.4 Å². The average Bonchev–Trinajstić information content (AvgIpc) is 3.75. The van der Waals surface area contributed by atoms with E-state index < -0.39 is 5.41 Å². The fourth-order valence-electron chi connectivity index (χ4n) is 9.75. The van der Waals surface area contributed by atoms with Crippen molar-refractivity contribution in [3.8, 4) is 67.5 Å². The van der Waals surface area contributed by atoms with Gasteiger partial charge in [-0.1, -0.05) is 164 Å². The lowest BCUT2D eigenvalue weighted by atomic mass is 9.70. The van der Waals surface area contributed by atoms with Crippen LogP contribution in [0.25, 0.3) is 44.5 Å². The average molecular weight is 742 g/mol. The van der Waals surface area contributed by atoms with Crippen LogP contribution in [0.3, 0.4) is 0 Å². The third kappa shape index (κ3) is 4.68. The maximum absolute atomic E-state index is 7.05. The van der Waals surface area contributed by atoms with Crippen molar-refractivity contribution in [2.75, 3.05) is 4.90 Å². The summed E-state index contributed by atoms with van der Waals surface area (Å²) in [5.41, 5.74) is 17.3. The summed E-state index contributed by atoms with van der Waals surface area (Å²) in [5.74, 6) is 2.77. The van der Waals surface area contributed by atoms with Crippen LogP contribution in [0.15, 0.2) is 212 Å². The first kappa shape index (κ1) is 32.6. The van der Waals surface area contributed by atoms with Gasteiger partial charge in [-0.15, -0.1) is 0 Å². The molecule has 2 aliphatic carbocycles. The van der Waals surface area contributed by atoms with Crippen molar-refractivity contribution >= 4 is 17.1 Å². The van der Waals surface area contributed by atoms with Gasteiger partial charge in [0, 0.05) is 11.4 Å². The van der Waals surface area contributed by atoms with Crippen molar-refractivity contribution in [3.63, 3.8) is 0 Å². The van der Waals surface area contributed by atoms with E-state index in [0.717, 1.165) is 28.2 Å². The molecule has 0 bridgehead atoms. The number of hydrogen-bond acceptors (Lipinski definition) is 3. The van der Waals surface area contributed by atoms with Gasteiger partial charge in [0.25, 0.3) is 0 Å². The summed E-state index contributed by atoms with van der Waals surface area (Å²) >= 11 is 0. The molecule has 0 saturated carbocycles. The zero-order valence-corrected chi connectivity index (χ0v) is 31.5. The summed E-state index contributed by atoms with van der Waals surface area (Å²) < 4.78 is 14.0. The molecule has 0 radical (unpaired) electrons. The minimum atomic E-state index is -0.461. The Morgan fingerprint density at radius 3 is 1.41 bits per heavy atom. The number of nitrogens with zero attached hydrogens (tertiary/aromatic N) is 1. The second-order valence-corrected chi connectivity index (χ2v) is 15.2. The summed E-state index contributed by atoms with van der Waals surface area (Å²) in [6.07, 6.45) is 0. The highest BCUT2D eigenvalue weighted by atomic mass is 16.6. The molecule has 9 aromatic rings. The Hall–Kier alpha value is -7.62. The van der Waals surface area contributed by atoms with Crippen molar-refractivity contribution in [1.82, 2.24) is 0 Å². The Morgan fingerprint density at radius 2 is 0.793 bits per heavy atom. The summed E-state index contributed by atoms with van der Waals surface area (Å²) in [7, 11) is 0. The van der Waals surface area contributed by atoms with Crippen LogP contribution in [0.5, 0.6) is 23.0 Å². The van der Waals surface area contributed by atoms with E-state index in [1.807, 2.05) is 12.1 Å². The van der Waals surface area contributed by atoms with Crippen LogP contribution in [0.2, 0.25) is 0 Å². The van der Waals surface area contributed by atoms with E-state index in [4.69, 9.17) is 9.47 Å². The van der Waals surface area contributed by atoms with E-state index >= 15 is 0 Å². The third-order valence-electron chi connectivity index (χ3n) is 12.2. The molecule has 3 heteroatoms. The molecule has 1 spiro atoms. The first-order valence-corrected chi connectivity index (χ1v) is 19.8. The summed E-state index contributed by atoms with van der Waals surface area (Å²) in [6.45, 7) is 0. The third-order valence-corrected chi connectivity index (χ3v) is 12.2. The van der Waals surface area contributed by atoms with Gasteiger partial charge in [0.2, 0.25) is 0 Å². The lowest BCUT2D eigenvalue weighted by Gasteiger charge is -2.32. The van der Waals surface area contributed by atoms with Crippen LogP contribution in [-0.2, 0) is 5.41 Å². The Labute approximate surface area is 337 Å². The van der Waals surface area contributed by atoms with E-state index in [0.29, 0.717) is 23.0 Å². The Bertz CT molecular complexity index is 3020.